The minimum absolute atomic E-state index is 0.111. The minimum Gasteiger partial charge on any atom is -0.347 e. The van der Waals surface area contributed by atoms with Crippen LogP contribution >= 0.6 is 0 Å². The van der Waals surface area contributed by atoms with Crippen LogP contribution in [0.5, 0.6) is 0 Å². The highest BCUT2D eigenvalue weighted by Crippen LogP contribution is 2.02. The average molecular weight is 217 g/mol. The summed E-state index contributed by atoms with van der Waals surface area (Å²) in [5.74, 6) is -0.111. The molecule has 0 fully saturated rings. The highest BCUT2D eigenvalue weighted by Gasteiger charge is 2.07. The normalized spacial score (nSPS) is 15.4. The maximum absolute atomic E-state index is 11.7. The molecule has 0 radical (unpaired) electrons. The molecule has 0 aliphatic carbocycles. The zero-order valence-electron chi connectivity index (χ0n) is 9.07. The summed E-state index contributed by atoms with van der Waals surface area (Å²) in [5.41, 5.74) is 1.75. The Morgan fingerprint density at radius 1 is 1.50 bits per heavy atom. The summed E-state index contributed by atoms with van der Waals surface area (Å²) in [5, 5.41) is 6.10. The van der Waals surface area contributed by atoms with E-state index in [1.165, 1.54) is 5.57 Å². The Balaban J connectivity index is 1.86. The number of amides is 1. The Kier molecular flexibility index (Phi) is 3.66. The van der Waals surface area contributed by atoms with Crippen molar-refractivity contribution < 1.29 is 4.79 Å². The van der Waals surface area contributed by atoms with Crippen LogP contribution in [0.15, 0.2) is 36.0 Å². The van der Waals surface area contributed by atoms with Crippen LogP contribution < -0.4 is 10.6 Å². The third kappa shape index (κ3) is 2.90. The van der Waals surface area contributed by atoms with Crippen LogP contribution in [-0.2, 0) is 0 Å². The second kappa shape index (κ2) is 5.42. The predicted molar refractivity (Wildman–Crippen MR) is 62.1 cm³/mol. The van der Waals surface area contributed by atoms with Crippen molar-refractivity contribution in [1.29, 1.82) is 0 Å². The lowest BCUT2D eigenvalue weighted by Gasteiger charge is -2.14. The van der Waals surface area contributed by atoms with Gasteiger partial charge in [-0.05, 0) is 25.1 Å². The fourth-order valence-corrected chi connectivity index (χ4v) is 1.61. The summed E-state index contributed by atoms with van der Waals surface area (Å²) < 4.78 is 0. The molecule has 0 unspecified atom stereocenters. The molecule has 2 rings (SSSR count). The molecule has 0 atom stereocenters. The summed E-state index contributed by atoms with van der Waals surface area (Å²) in [4.78, 5) is 15.7. The minimum atomic E-state index is -0.111. The van der Waals surface area contributed by atoms with Crippen molar-refractivity contribution in [3.8, 4) is 0 Å². The van der Waals surface area contributed by atoms with E-state index < -0.39 is 0 Å². The lowest BCUT2D eigenvalue weighted by Crippen LogP contribution is -2.30. The fourth-order valence-electron chi connectivity index (χ4n) is 1.61. The van der Waals surface area contributed by atoms with E-state index in [2.05, 4.69) is 21.7 Å². The van der Waals surface area contributed by atoms with Gasteiger partial charge >= 0.3 is 0 Å². The Morgan fingerprint density at radius 2 is 2.44 bits per heavy atom. The largest absolute Gasteiger partial charge is 0.347 e. The fraction of sp³-hybridized carbons (Fsp3) is 0.333. The van der Waals surface area contributed by atoms with Gasteiger partial charge in [-0.1, -0.05) is 17.7 Å². The van der Waals surface area contributed by atoms with E-state index in [0.717, 1.165) is 19.5 Å². The van der Waals surface area contributed by atoms with Crippen molar-refractivity contribution >= 4 is 5.91 Å². The molecule has 0 bridgehead atoms. The standard InChI is InChI=1S/C12H15N3O/c16-12(11-3-1-2-6-14-11)15-9-10-4-7-13-8-5-10/h1-4,6,13H,5,7-9H2,(H,15,16). The molecule has 0 saturated carbocycles. The zero-order valence-corrected chi connectivity index (χ0v) is 9.07. The summed E-state index contributed by atoms with van der Waals surface area (Å²) in [6, 6.07) is 5.32. The highest BCUT2D eigenvalue weighted by molar-refractivity contribution is 5.92. The van der Waals surface area contributed by atoms with Crippen LogP contribution in [0.2, 0.25) is 0 Å². The molecule has 0 aromatic carbocycles. The van der Waals surface area contributed by atoms with Gasteiger partial charge in [-0.3, -0.25) is 9.78 Å². The average Bonchev–Trinajstić information content (AvgIpc) is 2.38. The number of nitrogens with one attached hydrogen (secondary N) is 2. The van der Waals surface area contributed by atoms with E-state index in [0.29, 0.717) is 12.2 Å². The lowest BCUT2D eigenvalue weighted by atomic mass is 10.1. The van der Waals surface area contributed by atoms with Crippen molar-refractivity contribution in [2.75, 3.05) is 19.6 Å². The summed E-state index contributed by atoms with van der Waals surface area (Å²) in [6.07, 6.45) is 4.75. The number of carbonyl (C=O) groups is 1. The van der Waals surface area contributed by atoms with Crippen molar-refractivity contribution in [3.05, 3.63) is 41.7 Å². The summed E-state index contributed by atoms with van der Waals surface area (Å²) >= 11 is 0. The SMILES string of the molecule is O=C(NCC1=CCNCC1)c1ccccn1. The van der Waals surface area contributed by atoms with Gasteiger partial charge < -0.3 is 10.6 Å². The van der Waals surface area contributed by atoms with Crippen LogP contribution in [0.25, 0.3) is 0 Å². The highest BCUT2D eigenvalue weighted by atomic mass is 16.1. The molecule has 4 nitrogen and oxygen atoms in total. The first kappa shape index (κ1) is 10.8. The van der Waals surface area contributed by atoms with E-state index in [1.807, 2.05) is 6.07 Å². The van der Waals surface area contributed by atoms with Crippen LogP contribution in [0.1, 0.15) is 16.9 Å². The first-order valence-corrected chi connectivity index (χ1v) is 5.44. The number of pyridine rings is 1. The molecule has 1 aromatic rings. The van der Waals surface area contributed by atoms with Gasteiger partial charge in [0.25, 0.3) is 5.91 Å². The van der Waals surface area contributed by atoms with Gasteiger partial charge in [-0.15, -0.1) is 0 Å². The molecular formula is C12H15N3O. The van der Waals surface area contributed by atoms with Gasteiger partial charge in [-0.2, -0.15) is 0 Å². The lowest BCUT2D eigenvalue weighted by molar-refractivity contribution is 0.0951. The molecular weight excluding hydrogens is 202 g/mol. The van der Waals surface area contributed by atoms with Crippen molar-refractivity contribution in [2.45, 2.75) is 6.42 Å². The van der Waals surface area contributed by atoms with E-state index in [4.69, 9.17) is 0 Å². The monoisotopic (exact) mass is 217 g/mol. The summed E-state index contributed by atoms with van der Waals surface area (Å²) in [7, 11) is 0. The molecule has 1 aliphatic rings. The molecule has 16 heavy (non-hydrogen) atoms. The molecule has 1 amide bonds. The second-order valence-corrected chi connectivity index (χ2v) is 3.71. The van der Waals surface area contributed by atoms with Crippen LogP contribution in [0.3, 0.4) is 0 Å². The smallest absolute Gasteiger partial charge is 0.270 e. The van der Waals surface area contributed by atoms with E-state index in [9.17, 15) is 4.79 Å². The van der Waals surface area contributed by atoms with Gasteiger partial charge in [0.2, 0.25) is 0 Å². The van der Waals surface area contributed by atoms with Gasteiger partial charge in [0.05, 0.1) is 0 Å². The zero-order chi connectivity index (χ0) is 11.2. The van der Waals surface area contributed by atoms with Crippen LogP contribution in [0.4, 0.5) is 0 Å². The predicted octanol–water partition coefficient (Wildman–Crippen LogP) is 0.731. The molecule has 2 heterocycles. The Hall–Kier alpha value is -1.68. The van der Waals surface area contributed by atoms with Crippen molar-refractivity contribution in [3.63, 3.8) is 0 Å². The topological polar surface area (TPSA) is 54.0 Å². The molecule has 0 saturated heterocycles. The second-order valence-electron chi connectivity index (χ2n) is 3.71. The Labute approximate surface area is 94.8 Å². The first-order chi connectivity index (χ1) is 7.86. The third-order valence-corrected chi connectivity index (χ3v) is 2.53. The van der Waals surface area contributed by atoms with Gasteiger partial charge in [0.1, 0.15) is 5.69 Å². The number of carbonyl (C=O) groups excluding carboxylic acids is 1. The first-order valence-electron chi connectivity index (χ1n) is 5.44. The van der Waals surface area contributed by atoms with E-state index in [-0.39, 0.29) is 5.91 Å². The Bertz CT molecular complexity index is 387. The third-order valence-electron chi connectivity index (χ3n) is 2.53. The molecule has 4 heteroatoms. The molecule has 2 N–H and O–H groups in total. The number of aromatic nitrogens is 1. The number of hydrogen-bond donors (Lipinski definition) is 2. The molecule has 1 aliphatic heterocycles. The molecule has 0 spiro atoms. The van der Waals surface area contributed by atoms with Crippen LogP contribution in [0, 0.1) is 0 Å². The van der Waals surface area contributed by atoms with Gasteiger partial charge in [0.15, 0.2) is 0 Å². The maximum Gasteiger partial charge on any atom is 0.270 e. The molecule has 1 aromatic heterocycles. The molecule has 84 valence electrons. The summed E-state index contributed by atoms with van der Waals surface area (Å²) in [6.45, 7) is 2.51. The van der Waals surface area contributed by atoms with Gasteiger partial charge in [-0.25, -0.2) is 0 Å². The number of hydrogen-bond acceptors (Lipinski definition) is 3. The number of rotatable bonds is 3. The van der Waals surface area contributed by atoms with Gasteiger partial charge in [0, 0.05) is 19.3 Å². The maximum atomic E-state index is 11.7. The van der Waals surface area contributed by atoms with E-state index >= 15 is 0 Å². The quantitative estimate of drug-likeness (QED) is 0.734. The van der Waals surface area contributed by atoms with Crippen molar-refractivity contribution in [2.24, 2.45) is 0 Å². The van der Waals surface area contributed by atoms with E-state index in [1.54, 1.807) is 18.3 Å². The Morgan fingerprint density at radius 3 is 3.12 bits per heavy atom. The number of nitrogens with zero attached hydrogens (tertiary/aromatic N) is 1. The van der Waals surface area contributed by atoms with Crippen molar-refractivity contribution in [1.82, 2.24) is 15.6 Å². The van der Waals surface area contributed by atoms with Crippen LogP contribution in [-0.4, -0.2) is 30.5 Å².